The fourth-order valence-electron chi connectivity index (χ4n) is 1.88. The monoisotopic (exact) mass is 355 g/mol. The normalized spacial score (nSPS) is 12.2. The third-order valence-electron chi connectivity index (χ3n) is 3.13. The van der Waals surface area contributed by atoms with Crippen LogP contribution in [-0.4, -0.2) is 6.04 Å². The number of rotatable bonds is 5. The van der Waals surface area contributed by atoms with E-state index in [2.05, 4.69) is 15.9 Å². The summed E-state index contributed by atoms with van der Waals surface area (Å²) in [5, 5.41) is 0. The molecular formula is C16H16BrF2NO. The van der Waals surface area contributed by atoms with Crippen LogP contribution in [0.5, 0.6) is 11.5 Å². The maximum absolute atomic E-state index is 13.6. The van der Waals surface area contributed by atoms with Crippen molar-refractivity contribution in [3.05, 3.63) is 58.1 Å². The minimum absolute atomic E-state index is 0.0184. The summed E-state index contributed by atoms with van der Waals surface area (Å²) in [6, 6.07) is 8.84. The van der Waals surface area contributed by atoms with Crippen LogP contribution >= 0.6 is 15.9 Å². The van der Waals surface area contributed by atoms with Crippen LogP contribution in [0.25, 0.3) is 0 Å². The molecule has 1 unspecified atom stereocenters. The Bertz CT molecular complexity index is 634. The first-order chi connectivity index (χ1) is 9.99. The summed E-state index contributed by atoms with van der Waals surface area (Å²) in [7, 11) is 0. The second-order valence-corrected chi connectivity index (χ2v) is 5.67. The van der Waals surface area contributed by atoms with Crippen molar-refractivity contribution in [3.8, 4) is 11.5 Å². The minimum atomic E-state index is -0.737. The third kappa shape index (κ3) is 4.25. The summed E-state index contributed by atoms with van der Waals surface area (Å²) in [5.74, 6) is -0.925. The van der Waals surface area contributed by atoms with Gasteiger partial charge in [0.2, 0.25) is 0 Å². The predicted molar refractivity (Wildman–Crippen MR) is 82.5 cm³/mol. The Morgan fingerprint density at radius 3 is 2.48 bits per heavy atom. The van der Waals surface area contributed by atoms with E-state index in [-0.39, 0.29) is 11.8 Å². The van der Waals surface area contributed by atoms with Crippen LogP contribution in [0.15, 0.2) is 40.9 Å². The van der Waals surface area contributed by atoms with Crippen molar-refractivity contribution in [1.29, 1.82) is 0 Å². The summed E-state index contributed by atoms with van der Waals surface area (Å²) < 4.78 is 32.6. The summed E-state index contributed by atoms with van der Waals surface area (Å²) >= 11 is 3.39. The summed E-state index contributed by atoms with van der Waals surface area (Å²) in [4.78, 5) is 0. The van der Waals surface area contributed by atoms with E-state index in [9.17, 15) is 8.78 Å². The van der Waals surface area contributed by atoms with E-state index in [4.69, 9.17) is 10.5 Å². The Labute approximate surface area is 131 Å². The van der Waals surface area contributed by atoms with Gasteiger partial charge < -0.3 is 10.5 Å². The lowest BCUT2D eigenvalue weighted by Crippen LogP contribution is -2.21. The molecule has 0 heterocycles. The van der Waals surface area contributed by atoms with Crippen LogP contribution in [-0.2, 0) is 6.42 Å². The van der Waals surface area contributed by atoms with Gasteiger partial charge in [-0.2, -0.15) is 0 Å². The van der Waals surface area contributed by atoms with Gasteiger partial charge in [0.1, 0.15) is 11.6 Å². The van der Waals surface area contributed by atoms with Crippen LogP contribution in [0.2, 0.25) is 0 Å². The minimum Gasteiger partial charge on any atom is -0.453 e. The number of benzene rings is 2. The number of nitrogens with two attached hydrogens (primary N) is 1. The predicted octanol–water partition coefficient (Wildman–Crippen LogP) is 4.80. The maximum Gasteiger partial charge on any atom is 0.168 e. The first-order valence-electron chi connectivity index (χ1n) is 6.66. The lowest BCUT2D eigenvalue weighted by molar-refractivity contribution is 0.435. The molecule has 2 aromatic carbocycles. The largest absolute Gasteiger partial charge is 0.453 e. The highest BCUT2D eigenvalue weighted by atomic mass is 79.9. The molecule has 0 aliphatic rings. The molecule has 2 rings (SSSR count). The molecule has 2 aromatic rings. The van der Waals surface area contributed by atoms with Crippen molar-refractivity contribution in [1.82, 2.24) is 0 Å². The van der Waals surface area contributed by atoms with Crippen LogP contribution < -0.4 is 10.5 Å². The fraction of sp³-hybridized carbons (Fsp3) is 0.250. The van der Waals surface area contributed by atoms with Crippen molar-refractivity contribution < 1.29 is 13.5 Å². The molecule has 0 aliphatic heterocycles. The van der Waals surface area contributed by atoms with E-state index < -0.39 is 11.6 Å². The van der Waals surface area contributed by atoms with Crippen LogP contribution in [0.3, 0.4) is 0 Å². The average molecular weight is 356 g/mol. The van der Waals surface area contributed by atoms with E-state index >= 15 is 0 Å². The van der Waals surface area contributed by atoms with E-state index in [1.807, 2.05) is 19.1 Å². The van der Waals surface area contributed by atoms with Gasteiger partial charge in [0.25, 0.3) is 0 Å². The SMILES string of the molecule is CCC(N)Cc1ccc(Oc2ccc(F)cc2F)c(Br)c1. The highest BCUT2D eigenvalue weighted by Crippen LogP contribution is 2.32. The Balaban J connectivity index is 2.17. The molecule has 0 amide bonds. The van der Waals surface area contributed by atoms with Gasteiger partial charge in [-0.3, -0.25) is 0 Å². The molecule has 0 saturated carbocycles. The average Bonchev–Trinajstić information content (AvgIpc) is 2.44. The van der Waals surface area contributed by atoms with Gasteiger partial charge in [-0.05, 0) is 58.6 Å². The van der Waals surface area contributed by atoms with Gasteiger partial charge in [-0.15, -0.1) is 0 Å². The molecule has 0 saturated heterocycles. The Kier molecular flexibility index (Phi) is 5.31. The number of hydrogen-bond donors (Lipinski definition) is 1. The van der Waals surface area contributed by atoms with Crippen LogP contribution in [0.4, 0.5) is 8.78 Å². The van der Waals surface area contributed by atoms with Crippen molar-refractivity contribution in [3.63, 3.8) is 0 Å². The second kappa shape index (κ2) is 7.00. The Morgan fingerprint density at radius 2 is 1.86 bits per heavy atom. The molecule has 21 heavy (non-hydrogen) atoms. The number of hydrogen-bond acceptors (Lipinski definition) is 2. The summed E-state index contributed by atoms with van der Waals surface area (Å²) in [6.07, 6.45) is 1.66. The van der Waals surface area contributed by atoms with E-state index in [0.717, 1.165) is 30.5 Å². The van der Waals surface area contributed by atoms with Gasteiger partial charge in [0, 0.05) is 12.1 Å². The Hall–Kier alpha value is -1.46. The fourth-order valence-corrected chi connectivity index (χ4v) is 2.38. The molecule has 0 spiro atoms. The summed E-state index contributed by atoms with van der Waals surface area (Å²) in [6.45, 7) is 2.04. The molecule has 5 heteroatoms. The smallest absolute Gasteiger partial charge is 0.168 e. The zero-order valence-corrected chi connectivity index (χ0v) is 13.2. The molecule has 112 valence electrons. The molecular weight excluding hydrogens is 340 g/mol. The maximum atomic E-state index is 13.6. The van der Waals surface area contributed by atoms with E-state index in [1.165, 1.54) is 6.07 Å². The number of ether oxygens (including phenoxy) is 1. The highest BCUT2D eigenvalue weighted by molar-refractivity contribution is 9.10. The molecule has 2 N–H and O–H groups in total. The molecule has 0 fully saturated rings. The molecule has 0 radical (unpaired) electrons. The highest BCUT2D eigenvalue weighted by Gasteiger charge is 2.10. The Morgan fingerprint density at radius 1 is 1.14 bits per heavy atom. The van der Waals surface area contributed by atoms with E-state index in [1.54, 1.807) is 6.07 Å². The van der Waals surface area contributed by atoms with Crippen molar-refractivity contribution in [2.45, 2.75) is 25.8 Å². The third-order valence-corrected chi connectivity index (χ3v) is 3.75. The van der Waals surface area contributed by atoms with E-state index in [0.29, 0.717) is 10.2 Å². The first-order valence-corrected chi connectivity index (χ1v) is 7.45. The van der Waals surface area contributed by atoms with Gasteiger partial charge in [0.15, 0.2) is 11.6 Å². The zero-order chi connectivity index (χ0) is 15.4. The van der Waals surface area contributed by atoms with Crippen molar-refractivity contribution in [2.24, 2.45) is 5.73 Å². The molecule has 1 atom stereocenters. The zero-order valence-electron chi connectivity index (χ0n) is 11.6. The van der Waals surface area contributed by atoms with Gasteiger partial charge in [0.05, 0.1) is 4.47 Å². The summed E-state index contributed by atoms with van der Waals surface area (Å²) in [5.41, 5.74) is 6.99. The first kappa shape index (κ1) is 15.9. The van der Waals surface area contributed by atoms with Gasteiger partial charge in [-0.1, -0.05) is 13.0 Å². The van der Waals surface area contributed by atoms with Crippen LogP contribution in [0, 0.1) is 11.6 Å². The molecule has 0 aromatic heterocycles. The number of halogens is 3. The standard InChI is InChI=1S/C16H16BrF2NO/c1-2-12(20)7-10-3-5-15(13(17)8-10)21-16-6-4-11(18)9-14(16)19/h3-6,8-9,12H,2,7,20H2,1H3. The van der Waals surface area contributed by atoms with Crippen molar-refractivity contribution >= 4 is 15.9 Å². The quantitative estimate of drug-likeness (QED) is 0.835. The molecule has 0 aliphatic carbocycles. The van der Waals surface area contributed by atoms with Crippen LogP contribution in [0.1, 0.15) is 18.9 Å². The second-order valence-electron chi connectivity index (χ2n) is 4.81. The topological polar surface area (TPSA) is 35.2 Å². The lowest BCUT2D eigenvalue weighted by atomic mass is 10.0. The van der Waals surface area contributed by atoms with Gasteiger partial charge >= 0.3 is 0 Å². The van der Waals surface area contributed by atoms with Crippen molar-refractivity contribution in [2.75, 3.05) is 0 Å². The lowest BCUT2D eigenvalue weighted by Gasteiger charge is -2.12. The van der Waals surface area contributed by atoms with Gasteiger partial charge in [-0.25, -0.2) is 8.78 Å². The molecule has 2 nitrogen and oxygen atoms in total. The molecule has 0 bridgehead atoms.